The fourth-order valence-electron chi connectivity index (χ4n) is 2.95. The number of halogens is 4. The van der Waals surface area contributed by atoms with Crippen LogP contribution in [0.3, 0.4) is 0 Å². The summed E-state index contributed by atoms with van der Waals surface area (Å²) in [6.07, 6.45) is 3.22. The molecule has 2 aromatic heterocycles. The highest BCUT2D eigenvalue weighted by atomic mass is 35.5. The van der Waals surface area contributed by atoms with Gasteiger partial charge in [-0.05, 0) is 30.3 Å². The third kappa shape index (κ3) is 3.13. The van der Waals surface area contributed by atoms with Crippen molar-refractivity contribution < 1.29 is 4.39 Å². The first-order valence-electron chi connectivity index (χ1n) is 8.10. The van der Waals surface area contributed by atoms with Crippen LogP contribution in [0.5, 0.6) is 0 Å². The van der Waals surface area contributed by atoms with Gasteiger partial charge in [0.25, 0.3) is 5.56 Å². The summed E-state index contributed by atoms with van der Waals surface area (Å²) in [6, 6.07) is 9.06. The summed E-state index contributed by atoms with van der Waals surface area (Å²) in [4.78, 5) is 17.3. The molecule has 0 aliphatic carbocycles. The number of aromatic nitrogens is 3. The van der Waals surface area contributed by atoms with Gasteiger partial charge >= 0.3 is 0 Å². The van der Waals surface area contributed by atoms with Gasteiger partial charge in [0.2, 0.25) is 0 Å². The largest absolute Gasteiger partial charge is 0.352 e. The number of nitrogens with one attached hydrogen (secondary N) is 1. The van der Waals surface area contributed by atoms with Gasteiger partial charge in [-0.3, -0.25) is 4.79 Å². The van der Waals surface area contributed by atoms with E-state index in [1.54, 1.807) is 42.2 Å². The quantitative estimate of drug-likeness (QED) is 0.458. The molecule has 0 saturated carbocycles. The van der Waals surface area contributed by atoms with Crippen LogP contribution in [-0.2, 0) is 7.05 Å². The van der Waals surface area contributed by atoms with Gasteiger partial charge in [-0.25, -0.2) is 18.6 Å². The van der Waals surface area contributed by atoms with E-state index in [0.717, 1.165) is 0 Å². The van der Waals surface area contributed by atoms with Gasteiger partial charge in [0.05, 0.1) is 44.4 Å². The van der Waals surface area contributed by atoms with Crippen LogP contribution >= 0.6 is 34.8 Å². The SMILES string of the molecule is Cn1c(=O)c(-c2c(Cl)cccc2Cl)c2ncc(Nc3ccc(F)cc3Cl)cn21. The number of nitrogens with zero attached hydrogens (tertiary/aromatic N) is 3. The Hall–Kier alpha value is -2.54. The third-order valence-corrected chi connectivity index (χ3v) is 5.22. The van der Waals surface area contributed by atoms with Crippen molar-refractivity contribution in [3.8, 4) is 11.1 Å². The molecule has 0 amide bonds. The minimum absolute atomic E-state index is 0.227. The minimum Gasteiger partial charge on any atom is -0.352 e. The van der Waals surface area contributed by atoms with Crippen molar-refractivity contribution in [2.75, 3.05) is 5.32 Å². The van der Waals surface area contributed by atoms with E-state index in [2.05, 4.69) is 10.3 Å². The van der Waals surface area contributed by atoms with Crippen LogP contribution in [0.2, 0.25) is 15.1 Å². The highest BCUT2D eigenvalue weighted by molar-refractivity contribution is 6.39. The topological polar surface area (TPSA) is 51.3 Å². The van der Waals surface area contributed by atoms with E-state index in [1.165, 1.54) is 22.9 Å². The van der Waals surface area contributed by atoms with Crippen molar-refractivity contribution in [2.24, 2.45) is 7.05 Å². The molecule has 0 fully saturated rings. The Balaban J connectivity index is 1.86. The Morgan fingerprint density at radius 1 is 1.04 bits per heavy atom. The molecule has 2 heterocycles. The lowest BCUT2D eigenvalue weighted by Crippen LogP contribution is -2.16. The van der Waals surface area contributed by atoms with Gasteiger partial charge in [-0.1, -0.05) is 40.9 Å². The zero-order chi connectivity index (χ0) is 20.0. The number of aryl methyl sites for hydroxylation is 1. The van der Waals surface area contributed by atoms with Gasteiger partial charge in [0.15, 0.2) is 5.65 Å². The minimum atomic E-state index is -0.432. The van der Waals surface area contributed by atoms with Crippen molar-refractivity contribution in [1.29, 1.82) is 0 Å². The molecule has 142 valence electrons. The fourth-order valence-corrected chi connectivity index (χ4v) is 3.75. The number of fused-ring (bicyclic) bond motifs is 1. The van der Waals surface area contributed by atoms with Crippen LogP contribution in [0.15, 0.2) is 53.6 Å². The van der Waals surface area contributed by atoms with Crippen LogP contribution in [-0.4, -0.2) is 14.2 Å². The van der Waals surface area contributed by atoms with Crippen molar-refractivity contribution in [1.82, 2.24) is 14.2 Å². The summed E-state index contributed by atoms with van der Waals surface area (Å²) in [6.45, 7) is 0. The fraction of sp³-hybridized carbons (Fsp3) is 0.0526. The first-order valence-corrected chi connectivity index (χ1v) is 9.24. The second-order valence-corrected chi connectivity index (χ2v) is 7.28. The Kier molecular flexibility index (Phi) is 4.79. The molecule has 4 aromatic rings. The van der Waals surface area contributed by atoms with Gasteiger partial charge < -0.3 is 5.32 Å². The summed E-state index contributed by atoms with van der Waals surface area (Å²) in [5, 5.41) is 4.01. The predicted octanol–water partition coefficient (Wildman–Crippen LogP) is 5.54. The molecule has 4 rings (SSSR count). The summed E-state index contributed by atoms with van der Waals surface area (Å²) < 4.78 is 16.2. The normalized spacial score (nSPS) is 11.2. The van der Waals surface area contributed by atoms with Crippen molar-refractivity contribution in [3.05, 3.63) is 80.0 Å². The predicted molar refractivity (Wildman–Crippen MR) is 111 cm³/mol. The van der Waals surface area contributed by atoms with Crippen molar-refractivity contribution in [3.63, 3.8) is 0 Å². The number of rotatable bonds is 3. The molecule has 0 radical (unpaired) electrons. The molecular weight excluding hydrogens is 426 g/mol. The molecule has 0 spiro atoms. The summed E-state index contributed by atoms with van der Waals surface area (Å²) >= 11 is 18.6. The number of anilines is 2. The lowest BCUT2D eigenvalue weighted by Gasteiger charge is -2.09. The standard InChI is InChI=1S/C19H12Cl3FN4O/c1-26-19(28)17(16-12(20)3-2-4-13(16)21)18-24-8-11(9-27(18)26)25-15-6-5-10(23)7-14(15)22/h2-9,25H,1H3. The lowest BCUT2D eigenvalue weighted by atomic mass is 10.1. The average Bonchev–Trinajstić information content (AvgIpc) is 2.89. The first-order chi connectivity index (χ1) is 13.4. The average molecular weight is 438 g/mol. The van der Waals surface area contributed by atoms with Gasteiger partial charge in [-0.2, -0.15) is 0 Å². The molecule has 28 heavy (non-hydrogen) atoms. The maximum atomic E-state index is 13.2. The summed E-state index contributed by atoms with van der Waals surface area (Å²) in [7, 11) is 1.61. The molecule has 0 aliphatic heterocycles. The van der Waals surface area contributed by atoms with Gasteiger partial charge in [-0.15, -0.1) is 0 Å². The van der Waals surface area contributed by atoms with Crippen LogP contribution in [0.4, 0.5) is 15.8 Å². The van der Waals surface area contributed by atoms with Crippen LogP contribution < -0.4 is 10.9 Å². The Morgan fingerprint density at radius 3 is 2.43 bits per heavy atom. The van der Waals surface area contributed by atoms with Crippen molar-refractivity contribution in [2.45, 2.75) is 0 Å². The Bertz CT molecular complexity index is 1260. The number of hydrogen-bond donors (Lipinski definition) is 1. The molecule has 0 aliphatic rings. The molecule has 1 N–H and O–H groups in total. The van der Waals surface area contributed by atoms with Gasteiger partial charge in [0.1, 0.15) is 5.82 Å². The van der Waals surface area contributed by atoms with E-state index in [9.17, 15) is 9.18 Å². The van der Waals surface area contributed by atoms with Crippen LogP contribution in [0.1, 0.15) is 0 Å². The molecule has 9 heteroatoms. The maximum absolute atomic E-state index is 13.2. The monoisotopic (exact) mass is 436 g/mol. The second kappa shape index (κ2) is 7.13. The van der Waals surface area contributed by atoms with E-state index in [4.69, 9.17) is 34.8 Å². The molecule has 0 atom stereocenters. The summed E-state index contributed by atoms with van der Waals surface area (Å²) in [5.41, 5.74) is 1.92. The first kappa shape index (κ1) is 18.8. The third-order valence-electron chi connectivity index (χ3n) is 4.28. The maximum Gasteiger partial charge on any atom is 0.277 e. The molecular formula is C19H12Cl3FN4O. The number of benzene rings is 2. The van der Waals surface area contributed by atoms with Crippen LogP contribution in [0.25, 0.3) is 16.8 Å². The molecule has 2 aromatic carbocycles. The Labute approximate surface area is 173 Å². The van der Waals surface area contributed by atoms with E-state index in [0.29, 0.717) is 38.2 Å². The highest BCUT2D eigenvalue weighted by Crippen LogP contribution is 2.35. The second-order valence-electron chi connectivity index (χ2n) is 6.06. The van der Waals surface area contributed by atoms with Crippen LogP contribution in [0, 0.1) is 5.82 Å². The summed E-state index contributed by atoms with van der Waals surface area (Å²) in [5.74, 6) is -0.432. The van der Waals surface area contributed by atoms with Crippen molar-refractivity contribution >= 4 is 51.8 Å². The van der Waals surface area contributed by atoms with E-state index >= 15 is 0 Å². The van der Waals surface area contributed by atoms with E-state index in [-0.39, 0.29) is 10.6 Å². The molecule has 0 unspecified atom stereocenters. The van der Waals surface area contributed by atoms with Gasteiger partial charge in [0, 0.05) is 12.6 Å². The Morgan fingerprint density at radius 2 is 1.75 bits per heavy atom. The smallest absolute Gasteiger partial charge is 0.277 e. The molecule has 0 bridgehead atoms. The molecule has 5 nitrogen and oxygen atoms in total. The van der Waals surface area contributed by atoms with E-state index in [1.807, 2.05) is 0 Å². The number of hydrogen-bond acceptors (Lipinski definition) is 3. The molecule has 0 saturated heterocycles. The zero-order valence-corrected chi connectivity index (χ0v) is 16.6. The zero-order valence-electron chi connectivity index (χ0n) is 14.4. The highest BCUT2D eigenvalue weighted by Gasteiger charge is 2.20. The lowest BCUT2D eigenvalue weighted by molar-refractivity contribution is 0.628. The van der Waals surface area contributed by atoms with E-state index < -0.39 is 5.82 Å².